The summed E-state index contributed by atoms with van der Waals surface area (Å²) < 4.78 is 13.2. The second kappa shape index (κ2) is 5.00. The molecule has 2 N–H and O–H groups in total. The summed E-state index contributed by atoms with van der Waals surface area (Å²) in [6, 6.07) is 0. The summed E-state index contributed by atoms with van der Waals surface area (Å²) in [6.07, 6.45) is 4.77. The molecular formula is C12H18N2O2S2. The van der Waals surface area contributed by atoms with E-state index in [9.17, 15) is 0 Å². The van der Waals surface area contributed by atoms with Crippen LogP contribution in [-0.4, -0.2) is 29.2 Å². The van der Waals surface area contributed by atoms with Gasteiger partial charge in [-0.3, -0.25) is 0 Å². The lowest BCUT2D eigenvalue weighted by atomic mass is 10.2. The standard InChI is InChI=1S/C12H18N2O2S2/c1-8-10(18-11(13)14-8)17-7-9-6-15-12(16-9)4-2-3-5-12/h9H,2-7H2,1H3,(H2,13,14). The Hall–Kier alpha value is -0.300. The van der Waals surface area contributed by atoms with E-state index in [0.717, 1.165) is 30.9 Å². The molecule has 1 aliphatic carbocycles. The Labute approximate surface area is 115 Å². The predicted octanol–water partition coefficient (Wildman–Crippen LogP) is 2.81. The maximum absolute atomic E-state index is 6.09. The van der Waals surface area contributed by atoms with E-state index < -0.39 is 0 Å². The van der Waals surface area contributed by atoms with Crippen LogP contribution in [0.2, 0.25) is 0 Å². The summed E-state index contributed by atoms with van der Waals surface area (Å²) >= 11 is 3.33. The van der Waals surface area contributed by atoms with Gasteiger partial charge in [-0.2, -0.15) is 0 Å². The average Bonchev–Trinajstić information content (AvgIpc) is 3.01. The van der Waals surface area contributed by atoms with Crippen LogP contribution in [0.25, 0.3) is 0 Å². The van der Waals surface area contributed by atoms with E-state index in [0.29, 0.717) is 5.13 Å². The van der Waals surface area contributed by atoms with Crippen molar-refractivity contribution in [2.24, 2.45) is 0 Å². The van der Waals surface area contributed by atoms with Crippen LogP contribution in [0, 0.1) is 6.92 Å². The summed E-state index contributed by atoms with van der Waals surface area (Å²) in [6.45, 7) is 2.72. The number of ether oxygens (including phenoxy) is 2. The van der Waals surface area contributed by atoms with Gasteiger partial charge in [-0.15, -0.1) is 11.8 Å². The number of thiazole rings is 1. The highest BCUT2D eigenvalue weighted by molar-refractivity contribution is 8.01. The number of hydrogen-bond donors (Lipinski definition) is 1. The molecule has 2 heterocycles. The summed E-state index contributed by atoms with van der Waals surface area (Å²) in [5, 5.41) is 0.644. The highest BCUT2D eigenvalue weighted by Crippen LogP contribution is 2.41. The molecule has 100 valence electrons. The van der Waals surface area contributed by atoms with Gasteiger partial charge < -0.3 is 15.2 Å². The van der Waals surface area contributed by atoms with Crippen LogP contribution in [0.3, 0.4) is 0 Å². The van der Waals surface area contributed by atoms with E-state index in [2.05, 4.69) is 4.98 Å². The van der Waals surface area contributed by atoms with Crippen LogP contribution in [0.5, 0.6) is 0 Å². The maximum Gasteiger partial charge on any atom is 0.181 e. The molecule has 0 amide bonds. The van der Waals surface area contributed by atoms with Crippen molar-refractivity contribution >= 4 is 28.2 Å². The molecule has 4 nitrogen and oxygen atoms in total. The van der Waals surface area contributed by atoms with E-state index in [1.165, 1.54) is 17.1 Å². The Balaban J connectivity index is 1.54. The van der Waals surface area contributed by atoms with Crippen molar-refractivity contribution in [2.75, 3.05) is 18.1 Å². The molecule has 3 rings (SSSR count). The van der Waals surface area contributed by atoms with E-state index in [4.69, 9.17) is 15.2 Å². The number of hydrogen-bond acceptors (Lipinski definition) is 6. The SMILES string of the molecule is Cc1nc(N)sc1SCC1COC2(CCCC2)O1. The van der Waals surface area contributed by atoms with Crippen molar-refractivity contribution in [1.82, 2.24) is 4.98 Å². The van der Waals surface area contributed by atoms with Gasteiger partial charge in [0.2, 0.25) is 0 Å². The molecule has 0 bridgehead atoms. The van der Waals surface area contributed by atoms with Crippen molar-refractivity contribution in [3.63, 3.8) is 0 Å². The third kappa shape index (κ3) is 2.52. The lowest BCUT2D eigenvalue weighted by Crippen LogP contribution is -2.27. The zero-order valence-corrected chi connectivity index (χ0v) is 12.1. The molecule has 1 aliphatic heterocycles. The van der Waals surface area contributed by atoms with Crippen molar-refractivity contribution in [3.8, 4) is 0 Å². The molecule has 2 aliphatic rings. The number of aromatic nitrogens is 1. The van der Waals surface area contributed by atoms with Crippen LogP contribution in [0.1, 0.15) is 31.4 Å². The van der Waals surface area contributed by atoms with Crippen molar-refractivity contribution in [2.45, 2.75) is 48.7 Å². The minimum Gasteiger partial charge on any atom is -0.375 e. The molecule has 18 heavy (non-hydrogen) atoms. The average molecular weight is 286 g/mol. The predicted molar refractivity (Wildman–Crippen MR) is 74.0 cm³/mol. The maximum atomic E-state index is 6.09. The number of thioether (sulfide) groups is 1. The quantitative estimate of drug-likeness (QED) is 0.866. The van der Waals surface area contributed by atoms with Gasteiger partial charge in [-0.05, 0) is 19.8 Å². The van der Waals surface area contributed by atoms with Crippen molar-refractivity contribution in [1.29, 1.82) is 0 Å². The molecule has 1 saturated carbocycles. The Morgan fingerprint density at radius 3 is 2.94 bits per heavy atom. The number of anilines is 1. The fourth-order valence-corrected chi connectivity index (χ4v) is 4.60. The van der Waals surface area contributed by atoms with Crippen LogP contribution >= 0.6 is 23.1 Å². The molecule has 1 atom stereocenters. The Bertz CT molecular complexity index is 430. The molecule has 1 unspecified atom stereocenters. The molecule has 1 spiro atoms. The third-order valence-corrected chi connectivity index (χ3v) is 5.93. The molecule has 0 radical (unpaired) electrons. The molecular weight excluding hydrogens is 268 g/mol. The number of nitrogen functional groups attached to an aromatic ring is 1. The first-order valence-electron chi connectivity index (χ1n) is 6.34. The summed E-state index contributed by atoms with van der Waals surface area (Å²) in [7, 11) is 0. The van der Waals surface area contributed by atoms with Crippen LogP contribution in [0.15, 0.2) is 4.21 Å². The van der Waals surface area contributed by atoms with Gasteiger partial charge in [-0.25, -0.2) is 4.98 Å². The smallest absolute Gasteiger partial charge is 0.181 e. The summed E-state index contributed by atoms with van der Waals surface area (Å²) in [4.78, 5) is 4.23. The number of aryl methyl sites for hydroxylation is 1. The van der Waals surface area contributed by atoms with Gasteiger partial charge in [-0.1, -0.05) is 11.3 Å². The van der Waals surface area contributed by atoms with Gasteiger partial charge in [0.15, 0.2) is 10.9 Å². The van der Waals surface area contributed by atoms with E-state index in [-0.39, 0.29) is 11.9 Å². The van der Waals surface area contributed by atoms with E-state index >= 15 is 0 Å². The van der Waals surface area contributed by atoms with Gasteiger partial charge in [0.1, 0.15) is 0 Å². The van der Waals surface area contributed by atoms with E-state index in [1.54, 1.807) is 23.1 Å². The van der Waals surface area contributed by atoms with Crippen LogP contribution in [-0.2, 0) is 9.47 Å². The first-order valence-corrected chi connectivity index (χ1v) is 8.15. The summed E-state index contributed by atoms with van der Waals surface area (Å²) in [5.41, 5.74) is 6.72. The highest BCUT2D eigenvalue weighted by Gasteiger charge is 2.43. The number of rotatable bonds is 3. The first-order chi connectivity index (χ1) is 8.67. The minimum absolute atomic E-state index is 0.204. The van der Waals surface area contributed by atoms with Crippen molar-refractivity contribution in [3.05, 3.63) is 5.69 Å². The molecule has 6 heteroatoms. The second-order valence-electron chi connectivity index (χ2n) is 4.90. The molecule has 1 aromatic rings. The van der Waals surface area contributed by atoms with Crippen LogP contribution < -0.4 is 5.73 Å². The van der Waals surface area contributed by atoms with Gasteiger partial charge in [0, 0.05) is 18.6 Å². The van der Waals surface area contributed by atoms with Crippen LogP contribution in [0.4, 0.5) is 5.13 Å². The molecule has 1 saturated heterocycles. The highest BCUT2D eigenvalue weighted by atomic mass is 32.2. The molecule has 1 aromatic heterocycles. The molecule has 2 fully saturated rings. The monoisotopic (exact) mass is 286 g/mol. The topological polar surface area (TPSA) is 57.4 Å². The largest absolute Gasteiger partial charge is 0.375 e. The lowest BCUT2D eigenvalue weighted by Gasteiger charge is -2.21. The Morgan fingerprint density at radius 2 is 2.28 bits per heavy atom. The second-order valence-corrected chi connectivity index (χ2v) is 7.22. The third-order valence-electron chi connectivity index (χ3n) is 3.45. The fourth-order valence-electron chi connectivity index (χ4n) is 2.58. The lowest BCUT2D eigenvalue weighted by molar-refractivity contribution is -0.159. The summed E-state index contributed by atoms with van der Waals surface area (Å²) in [5.74, 6) is 0.678. The van der Waals surface area contributed by atoms with Gasteiger partial charge >= 0.3 is 0 Å². The minimum atomic E-state index is -0.243. The van der Waals surface area contributed by atoms with Crippen molar-refractivity contribution < 1.29 is 9.47 Å². The Morgan fingerprint density at radius 1 is 1.50 bits per heavy atom. The fraction of sp³-hybridized carbons (Fsp3) is 0.750. The van der Waals surface area contributed by atoms with E-state index in [1.807, 2.05) is 6.92 Å². The first kappa shape index (κ1) is 12.7. The normalized spacial score (nSPS) is 26.2. The van der Waals surface area contributed by atoms with Gasteiger partial charge in [0.25, 0.3) is 0 Å². The van der Waals surface area contributed by atoms with Gasteiger partial charge in [0.05, 0.1) is 22.6 Å². The Kier molecular flexibility index (Phi) is 3.53. The number of nitrogens with two attached hydrogens (primary N) is 1. The zero-order valence-electron chi connectivity index (χ0n) is 10.5. The molecule has 0 aromatic carbocycles. The number of nitrogens with zero attached hydrogens (tertiary/aromatic N) is 1. The zero-order chi connectivity index (χ0) is 12.6.